The molecule has 11 nitrogen and oxygen atoms in total. The van der Waals surface area contributed by atoms with Gasteiger partial charge in [0.15, 0.2) is 0 Å². The number of nitrogens with zero attached hydrogens (tertiary/aromatic N) is 1. The van der Waals surface area contributed by atoms with Crippen molar-refractivity contribution in [1.29, 1.82) is 0 Å². The molecule has 2 atom stereocenters. The number of nitrogens with one attached hydrogen (secondary N) is 2. The zero-order chi connectivity index (χ0) is 30.3. The van der Waals surface area contributed by atoms with Gasteiger partial charge in [-0.05, 0) is 45.2 Å². The average molecular weight is 559 g/mol. The lowest BCUT2D eigenvalue weighted by molar-refractivity contribution is -0.145. The number of rotatable bonds is 15. The largest absolute Gasteiger partial charge is 0.468 e. The van der Waals surface area contributed by atoms with Crippen LogP contribution in [0.5, 0.6) is 0 Å². The molecule has 4 N–H and O–H groups in total. The molecular weight excluding hydrogens is 516 g/mol. The molecule has 0 aliphatic heterocycles. The van der Waals surface area contributed by atoms with Crippen LogP contribution < -0.4 is 16.4 Å². The average Bonchev–Trinajstić information content (AvgIpc) is 2.89. The van der Waals surface area contributed by atoms with Crippen molar-refractivity contribution in [1.82, 2.24) is 15.5 Å². The third-order valence-electron chi connectivity index (χ3n) is 5.81. The molecule has 0 bridgehead atoms. The topological polar surface area (TPSA) is 157 Å². The third-order valence-corrected chi connectivity index (χ3v) is 5.81. The number of hydrogen-bond acceptors (Lipinski definition) is 7. The number of hydrogen-bond donors (Lipinski definition) is 3. The Bertz CT molecular complexity index is 1070. The second-order valence-corrected chi connectivity index (χ2v) is 10.2. The number of benzene rings is 1. The molecule has 0 spiro atoms. The highest BCUT2D eigenvalue weighted by atomic mass is 16.6. The lowest BCUT2D eigenvalue weighted by Crippen LogP contribution is -2.53. The Morgan fingerprint density at radius 2 is 1.77 bits per heavy atom. The number of ether oxygens (including phenoxy) is 2. The molecule has 1 rings (SSSR count). The monoisotopic (exact) mass is 558 g/mol. The summed E-state index contributed by atoms with van der Waals surface area (Å²) in [5, 5.41) is 5.06. The fourth-order valence-corrected chi connectivity index (χ4v) is 3.92. The zero-order valence-electron chi connectivity index (χ0n) is 24.1. The Labute approximate surface area is 236 Å². The molecule has 4 amide bonds. The van der Waals surface area contributed by atoms with Gasteiger partial charge < -0.3 is 30.7 Å². The van der Waals surface area contributed by atoms with Crippen LogP contribution in [-0.4, -0.2) is 66.5 Å². The maximum atomic E-state index is 14.1. The van der Waals surface area contributed by atoms with Gasteiger partial charge in [-0.15, -0.1) is 6.42 Å². The lowest BCUT2D eigenvalue weighted by atomic mass is 9.96. The Kier molecular flexibility index (Phi) is 14.3. The second-order valence-electron chi connectivity index (χ2n) is 10.2. The van der Waals surface area contributed by atoms with E-state index >= 15 is 0 Å². The fourth-order valence-electron chi connectivity index (χ4n) is 3.92. The lowest BCUT2D eigenvalue weighted by Gasteiger charge is -2.35. The van der Waals surface area contributed by atoms with E-state index < -0.39 is 54.0 Å². The first-order chi connectivity index (χ1) is 18.8. The molecule has 2 unspecified atom stereocenters. The summed E-state index contributed by atoms with van der Waals surface area (Å²) in [5.41, 5.74) is 5.24. The highest BCUT2D eigenvalue weighted by Gasteiger charge is 2.37. The van der Waals surface area contributed by atoms with Crippen molar-refractivity contribution in [2.45, 2.75) is 83.9 Å². The first kappa shape index (κ1) is 34.0. The number of esters is 1. The molecule has 220 valence electrons. The van der Waals surface area contributed by atoms with E-state index in [2.05, 4.69) is 21.3 Å². The van der Waals surface area contributed by atoms with Crippen LogP contribution in [0.1, 0.15) is 83.4 Å². The second kappa shape index (κ2) is 16.8. The molecule has 40 heavy (non-hydrogen) atoms. The standard InChI is InChI=1S/C29H42N4O7/c1-7-9-10-13-18-33(27(37)22(16-17-23(30)34)32-28(38)40-29(3,4)5)25(26(36)31-19-24(35)39-6)21-15-12-11-14-20(21)8-2/h2,11-12,14-15,22,25H,7,9-10,13,16-19H2,1,3-6H3,(H2,30,34)(H,31,36)(H,32,38). The third kappa shape index (κ3) is 11.8. The number of unbranched alkanes of at least 4 members (excludes halogenated alkanes) is 3. The van der Waals surface area contributed by atoms with Crippen LogP contribution in [0.25, 0.3) is 0 Å². The van der Waals surface area contributed by atoms with Crippen molar-refractivity contribution in [3.8, 4) is 12.3 Å². The predicted molar refractivity (Wildman–Crippen MR) is 150 cm³/mol. The molecule has 11 heteroatoms. The first-order valence-corrected chi connectivity index (χ1v) is 13.3. The van der Waals surface area contributed by atoms with Crippen LogP contribution in [-0.2, 0) is 28.7 Å². The van der Waals surface area contributed by atoms with Crippen LogP contribution in [0.4, 0.5) is 4.79 Å². The number of nitrogens with two attached hydrogens (primary N) is 1. The minimum atomic E-state index is -1.25. The molecule has 0 fully saturated rings. The van der Waals surface area contributed by atoms with Crippen molar-refractivity contribution in [2.75, 3.05) is 20.2 Å². The van der Waals surface area contributed by atoms with E-state index in [0.717, 1.165) is 19.3 Å². The Morgan fingerprint density at radius 1 is 1.10 bits per heavy atom. The van der Waals surface area contributed by atoms with Gasteiger partial charge in [0.1, 0.15) is 24.2 Å². The van der Waals surface area contributed by atoms with Crippen LogP contribution >= 0.6 is 0 Å². The van der Waals surface area contributed by atoms with Gasteiger partial charge in [0, 0.05) is 18.5 Å². The van der Waals surface area contributed by atoms with E-state index in [-0.39, 0.29) is 19.4 Å². The number of alkyl carbamates (subject to hydrolysis) is 1. The molecular formula is C29H42N4O7. The maximum Gasteiger partial charge on any atom is 0.408 e. The van der Waals surface area contributed by atoms with Crippen LogP contribution in [0.2, 0.25) is 0 Å². The van der Waals surface area contributed by atoms with Gasteiger partial charge in [0.2, 0.25) is 17.7 Å². The summed E-state index contributed by atoms with van der Waals surface area (Å²) in [5.74, 6) is -0.0913. The molecule has 0 saturated carbocycles. The smallest absolute Gasteiger partial charge is 0.408 e. The molecule has 1 aromatic rings. The molecule has 0 radical (unpaired) electrons. The van der Waals surface area contributed by atoms with Gasteiger partial charge in [-0.2, -0.15) is 0 Å². The SMILES string of the molecule is C#Cc1ccccc1C(C(=O)NCC(=O)OC)N(CCCCCC)C(=O)C(CCC(N)=O)NC(=O)OC(C)(C)C. The van der Waals surface area contributed by atoms with Crippen LogP contribution in [0.15, 0.2) is 24.3 Å². The van der Waals surface area contributed by atoms with Gasteiger partial charge in [0.05, 0.1) is 7.11 Å². The summed E-state index contributed by atoms with van der Waals surface area (Å²) in [7, 11) is 1.19. The van der Waals surface area contributed by atoms with Crippen molar-refractivity contribution in [3.63, 3.8) is 0 Å². The van der Waals surface area contributed by atoms with Gasteiger partial charge in [0.25, 0.3) is 0 Å². The maximum absolute atomic E-state index is 14.1. The summed E-state index contributed by atoms with van der Waals surface area (Å²) in [4.78, 5) is 65.1. The summed E-state index contributed by atoms with van der Waals surface area (Å²) in [6.07, 6.45) is 7.72. The van der Waals surface area contributed by atoms with Crippen LogP contribution in [0, 0.1) is 12.3 Å². The Balaban J connectivity index is 3.60. The van der Waals surface area contributed by atoms with Gasteiger partial charge in [-0.3, -0.25) is 19.2 Å². The van der Waals surface area contributed by atoms with Gasteiger partial charge in [-0.25, -0.2) is 4.79 Å². The van der Waals surface area contributed by atoms with Gasteiger partial charge in [-0.1, -0.05) is 50.3 Å². The molecule has 0 aromatic heterocycles. The number of carbonyl (C=O) groups is 5. The summed E-state index contributed by atoms with van der Waals surface area (Å²) < 4.78 is 9.97. The fraction of sp³-hybridized carbons (Fsp3) is 0.552. The normalized spacial score (nSPS) is 12.3. The molecule has 0 aliphatic rings. The first-order valence-electron chi connectivity index (χ1n) is 13.3. The van der Waals surface area contributed by atoms with Gasteiger partial charge >= 0.3 is 12.1 Å². The predicted octanol–water partition coefficient (Wildman–Crippen LogP) is 2.57. The minimum absolute atomic E-state index is 0.119. The van der Waals surface area contributed by atoms with E-state index in [0.29, 0.717) is 17.5 Å². The van der Waals surface area contributed by atoms with E-state index in [1.54, 1.807) is 45.0 Å². The van der Waals surface area contributed by atoms with Crippen molar-refractivity contribution < 1.29 is 33.4 Å². The van der Waals surface area contributed by atoms with E-state index in [1.165, 1.54) is 12.0 Å². The molecule has 0 heterocycles. The highest BCUT2D eigenvalue weighted by molar-refractivity contribution is 5.93. The molecule has 1 aromatic carbocycles. The zero-order valence-corrected chi connectivity index (χ0v) is 24.1. The number of methoxy groups -OCH3 is 1. The van der Waals surface area contributed by atoms with Crippen molar-refractivity contribution >= 4 is 29.8 Å². The number of terminal acetylenes is 1. The number of amides is 4. The van der Waals surface area contributed by atoms with E-state index in [1.807, 2.05) is 6.92 Å². The summed E-state index contributed by atoms with van der Waals surface area (Å²) in [6.45, 7) is 6.77. The van der Waals surface area contributed by atoms with Crippen molar-refractivity contribution in [3.05, 3.63) is 35.4 Å². The highest BCUT2D eigenvalue weighted by Crippen LogP contribution is 2.27. The summed E-state index contributed by atoms with van der Waals surface area (Å²) in [6, 6.07) is 4.17. The van der Waals surface area contributed by atoms with Crippen molar-refractivity contribution in [2.24, 2.45) is 5.73 Å². The number of primary amides is 1. The number of carbonyl (C=O) groups excluding carboxylic acids is 5. The minimum Gasteiger partial charge on any atom is -0.468 e. The summed E-state index contributed by atoms with van der Waals surface area (Å²) >= 11 is 0. The van der Waals surface area contributed by atoms with E-state index in [9.17, 15) is 24.0 Å². The van der Waals surface area contributed by atoms with Crippen LogP contribution in [0.3, 0.4) is 0 Å². The van der Waals surface area contributed by atoms with E-state index in [4.69, 9.17) is 16.9 Å². The molecule has 0 aliphatic carbocycles. The Morgan fingerprint density at radius 3 is 2.35 bits per heavy atom. The Hall–Kier alpha value is -4.07. The quantitative estimate of drug-likeness (QED) is 0.170. The molecule has 0 saturated heterocycles.